The molecular formula is C30H40N6O3. The number of nitrogens with one attached hydrogen (secondary N) is 1. The Bertz CT molecular complexity index is 1260. The van der Waals surface area contributed by atoms with Crippen LogP contribution < -0.4 is 16.8 Å². The molecule has 2 amide bonds. The van der Waals surface area contributed by atoms with E-state index < -0.39 is 6.04 Å². The molecule has 0 saturated carbocycles. The smallest absolute Gasteiger partial charge is 0.255 e. The molecule has 1 atom stereocenters. The third-order valence-electron chi connectivity index (χ3n) is 6.61. The molecule has 0 saturated heterocycles. The van der Waals surface area contributed by atoms with Gasteiger partial charge < -0.3 is 21.7 Å². The van der Waals surface area contributed by atoms with Crippen molar-refractivity contribution in [3.05, 3.63) is 58.9 Å². The lowest BCUT2D eigenvalue weighted by Gasteiger charge is -2.22. The number of amidine groups is 1. The van der Waals surface area contributed by atoms with E-state index in [1.807, 2.05) is 38.7 Å². The Morgan fingerprint density at radius 3 is 2.46 bits per heavy atom. The first kappa shape index (κ1) is 29.7. The number of benzene rings is 1. The van der Waals surface area contributed by atoms with E-state index in [-0.39, 0.29) is 29.9 Å². The van der Waals surface area contributed by atoms with Crippen molar-refractivity contribution in [1.29, 1.82) is 0 Å². The van der Waals surface area contributed by atoms with Crippen LogP contribution in [-0.4, -0.2) is 52.4 Å². The second-order valence-electron chi connectivity index (χ2n) is 10.3. The highest BCUT2D eigenvalue weighted by Crippen LogP contribution is 2.29. The Balaban J connectivity index is 1.75. The maximum absolute atomic E-state index is 13.2. The molecule has 0 radical (unpaired) electrons. The van der Waals surface area contributed by atoms with E-state index in [4.69, 9.17) is 11.5 Å². The minimum atomic E-state index is -0.485. The topological polar surface area (TPSA) is 144 Å². The molecule has 9 heteroatoms. The number of pyridine rings is 1. The fourth-order valence-corrected chi connectivity index (χ4v) is 4.43. The number of anilines is 1. The molecule has 2 aromatic rings. The molecule has 0 fully saturated rings. The van der Waals surface area contributed by atoms with Crippen LogP contribution in [0.2, 0.25) is 0 Å². The maximum atomic E-state index is 13.2. The number of fused-ring (bicyclic) bond motifs is 1. The molecule has 0 unspecified atom stereocenters. The van der Waals surface area contributed by atoms with Crippen LogP contribution in [0.5, 0.6) is 0 Å². The Hall–Kier alpha value is -3.85. The van der Waals surface area contributed by atoms with E-state index in [0.717, 1.165) is 24.0 Å². The average molecular weight is 533 g/mol. The van der Waals surface area contributed by atoms with Gasteiger partial charge in [-0.1, -0.05) is 33.8 Å². The van der Waals surface area contributed by atoms with Crippen LogP contribution in [0, 0.1) is 5.92 Å². The molecule has 39 heavy (non-hydrogen) atoms. The number of aryl methyl sites for hydroxylation is 1. The summed E-state index contributed by atoms with van der Waals surface area (Å²) in [6, 6.07) is 6.46. The zero-order valence-electron chi connectivity index (χ0n) is 23.4. The number of amides is 2. The van der Waals surface area contributed by atoms with Crippen LogP contribution in [0.25, 0.3) is 6.08 Å². The molecule has 5 N–H and O–H groups in total. The largest absolute Gasteiger partial charge is 0.387 e. The summed E-state index contributed by atoms with van der Waals surface area (Å²) >= 11 is 0. The van der Waals surface area contributed by atoms with Crippen molar-refractivity contribution in [2.45, 2.75) is 65.8 Å². The van der Waals surface area contributed by atoms with Crippen molar-refractivity contribution in [3.8, 4) is 0 Å². The van der Waals surface area contributed by atoms with Crippen LogP contribution in [-0.2, 0) is 16.0 Å². The summed E-state index contributed by atoms with van der Waals surface area (Å²) < 4.78 is 0. The Morgan fingerprint density at radius 1 is 1.08 bits per heavy atom. The van der Waals surface area contributed by atoms with Crippen molar-refractivity contribution >= 4 is 40.9 Å². The maximum Gasteiger partial charge on any atom is 0.255 e. The number of aliphatic imine (C=N–C) groups is 1. The van der Waals surface area contributed by atoms with Gasteiger partial charge in [-0.15, -0.1) is 0 Å². The first-order valence-electron chi connectivity index (χ1n) is 13.6. The van der Waals surface area contributed by atoms with Gasteiger partial charge >= 0.3 is 0 Å². The van der Waals surface area contributed by atoms with Gasteiger partial charge in [-0.05, 0) is 55.0 Å². The molecule has 0 bridgehead atoms. The summed E-state index contributed by atoms with van der Waals surface area (Å²) in [7, 11) is 0. The lowest BCUT2D eigenvalue weighted by molar-refractivity contribution is -0.127. The van der Waals surface area contributed by atoms with Gasteiger partial charge in [0.25, 0.3) is 5.91 Å². The monoisotopic (exact) mass is 532 g/mol. The van der Waals surface area contributed by atoms with Crippen molar-refractivity contribution in [2.24, 2.45) is 22.4 Å². The zero-order chi connectivity index (χ0) is 28.5. The number of rotatable bonds is 12. The number of carbonyl (C=O) groups is 3. The van der Waals surface area contributed by atoms with Crippen LogP contribution in [0.15, 0.2) is 47.2 Å². The highest BCUT2D eigenvalue weighted by Gasteiger charge is 2.22. The van der Waals surface area contributed by atoms with Crippen molar-refractivity contribution < 1.29 is 14.4 Å². The highest BCUT2D eigenvalue weighted by atomic mass is 16.2. The number of ketones is 1. The SMILES string of the molecule is CCCN(CCC)C(=O)C1=Cc2ccc(C(=O)Nc3cncc(CCC(=O)[C@@H](N)C(C)C)c3)cc2N=C(N)C1. The number of carbonyl (C=O) groups excluding carboxylic acids is 3. The minimum absolute atomic E-state index is 0.00610. The lowest BCUT2D eigenvalue weighted by Crippen LogP contribution is -2.35. The van der Waals surface area contributed by atoms with Crippen LogP contribution in [0.3, 0.4) is 0 Å². The molecule has 3 rings (SSSR count). The molecule has 0 aliphatic carbocycles. The van der Waals surface area contributed by atoms with Gasteiger partial charge in [0, 0.05) is 48.8 Å². The predicted molar refractivity (Wildman–Crippen MR) is 156 cm³/mol. The fraction of sp³-hybridized carbons (Fsp3) is 0.433. The van der Waals surface area contributed by atoms with E-state index in [2.05, 4.69) is 15.3 Å². The summed E-state index contributed by atoms with van der Waals surface area (Å²) in [5.41, 5.74) is 15.7. The number of nitrogens with two attached hydrogens (primary N) is 2. The second kappa shape index (κ2) is 13.8. The number of hydrogen-bond acceptors (Lipinski definition) is 7. The normalized spacial score (nSPS) is 13.6. The molecule has 0 spiro atoms. The van der Waals surface area contributed by atoms with E-state index in [1.165, 1.54) is 0 Å². The predicted octanol–water partition coefficient (Wildman–Crippen LogP) is 4.24. The molecule has 2 heterocycles. The summed E-state index contributed by atoms with van der Waals surface area (Å²) in [4.78, 5) is 49.1. The van der Waals surface area contributed by atoms with Crippen molar-refractivity contribution in [1.82, 2.24) is 9.88 Å². The summed E-state index contributed by atoms with van der Waals surface area (Å²) in [6.45, 7) is 9.31. The molecule has 1 aromatic carbocycles. The minimum Gasteiger partial charge on any atom is -0.387 e. The molecule has 9 nitrogen and oxygen atoms in total. The quantitative estimate of drug-likeness (QED) is 0.373. The van der Waals surface area contributed by atoms with Crippen LogP contribution in [0.4, 0.5) is 11.4 Å². The van der Waals surface area contributed by atoms with E-state index in [1.54, 1.807) is 36.7 Å². The van der Waals surface area contributed by atoms with Crippen LogP contribution in [0.1, 0.15) is 74.9 Å². The Kier molecular flexibility index (Phi) is 10.5. The Morgan fingerprint density at radius 2 is 1.79 bits per heavy atom. The van der Waals surface area contributed by atoms with Gasteiger partial charge in [-0.25, -0.2) is 4.99 Å². The summed E-state index contributed by atoms with van der Waals surface area (Å²) in [6.07, 6.45) is 7.86. The number of aromatic nitrogens is 1. The molecule has 1 aliphatic rings. The van der Waals surface area contributed by atoms with E-state index in [9.17, 15) is 14.4 Å². The first-order chi connectivity index (χ1) is 18.6. The Labute approximate surface area is 230 Å². The van der Waals surface area contributed by atoms with Gasteiger partial charge in [-0.2, -0.15) is 0 Å². The number of hydrogen-bond donors (Lipinski definition) is 3. The van der Waals surface area contributed by atoms with Crippen LogP contribution >= 0.6 is 0 Å². The number of nitrogens with zero attached hydrogens (tertiary/aromatic N) is 3. The van der Waals surface area contributed by atoms with Gasteiger partial charge in [-0.3, -0.25) is 19.4 Å². The van der Waals surface area contributed by atoms with Gasteiger partial charge in [0.05, 0.1) is 23.6 Å². The zero-order valence-corrected chi connectivity index (χ0v) is 23.4. The highest BCUT2D eigenvalue weighted by molar-refractivity contribution is 6.07. The second-order valence-corrected chi connectivity index (χ2v) is 10.3. The third kappa shape index (κ3) is 8.07. The lowest BCUT2D eigenvalue weighted by atomic mass is 9.97. The fourth-order valence-electron chi connectivity index (χ4n) is 4.43. The van der Waals surface area contributed by atoms with Crippen molar-refractivity contribution in [3.63, 3.8) is 0 Å². The van der Waals surface area contributed by atoms with E-state index >= 15 is 0 Å². The van der Waals surface area contributed by atoms with Gasteiger partial charge in [0.15, 0.2) is 0 Å². The van der Waals surface area contributed by atoms with Crippen molar-refractivity contribution in [2.75, 3.05) is 18.4 Å². The standard InChI is InChI=1S/C30H40N6O3/c1-5-11-36(12-6-2)30(39)23-14-21-8-9-22(15-25(21)35-27(31)16-23)29(38)34-24-13-20(17-33-18-24)7-10-26(37)28(32)19(3)4/h8-9,13-15,17-19,28H,5-7,10-12,16,32H2,1-4H3,(H2,31,35)(H,34,38)/t28-/m0/s1. The summed E-state index contributed by atoms with van der Waals surface area (Å²) in [5.74, 6) is 0.0483. The molecule has 1 aliphatic heterocycles. The van der Waals surface area contributed by atoms with Gasteiger partial charge in [0.2, 0.25) is 5.91 Å². The van der Waals surface area contributed by atoms with E-state index in [0.29, 0.717) is 54.3 Å². The average Bonchev–Trinajstić information content (AvgIpc) is 3.08. The van der Waals surface area contributed by atoms with Gasteiger partial charge in [0.1, 0.15) is 11.6 Å². The molecule has 1 aromatic heterocycles. The molecule has 208 valence electrons. The third-order valence-corrected chi connectivity index (χ3v) is 6.61. The number of Topliss-reactive ketones (excluding diaryl/α,β-unsaturated/α-hetero) is 1. The molecular weight excluding hydrogens is 492 g/mol. The first-order valence-corrected chi connectivity index (χ1v) is 13.6. The summed E-state index contributed by atoms with van der Waals surface area (Å²) in [5, 5.41) is 2.86.